The standard InChI is InChI=1S/C16H12N2O6/c1-23-15(21)9-6-12(20)13-8(17-9)4-3-7-11(19)5-10(16(22)24-2)18-14(7)13/h3-6H,1-2H3,(H,17,20)(H,18,19). The van der Waals surface area contributed by atoms with Gasteiger partial charge in [0.05, 0.1) is 30.6 Å². The van der Waals surface area contributed by atoms with Crippen molar-refractivity contribution < 1.29 is 19.1 Å². The molecule has 2 aromatic heterocycles. The van der Waals surface area contributed by atoms with Crippen LogP contribution in [-0.4, -0.2) is 36.1 Å². The topological polar surface area (TPSA) is 118 Å². The predicted molar refractivity (Wildman–Crippen MR) is 85.4 cm³/mol. The van der Waals surface area contributed by atoms with Gasteiger partial charge in [0.15, 0.2) is 10.9 Å². The number of pyridine rings is 2. The van der Waals surface area contributed by atoms with Gasteiger partial charge in [-0.3, -0.25) is 9.59 Å². The summed E-state index contributed by atoms with van der Waals surface area (Å²) in [7, 11) is 2.38. The van der Waals surface area contributed by atoms with E-state index in [2.05, 4.69) is 19.4 Å². The summed E-state index contributed by atoms with van der Waals surface area (Å²) in [6.45, 7) is 0. The summed E-state index contributed by atoms with van der Waals surface area (Å²) in [6, 6.07) is 5.20. The van der Waals surface area contributed by atoms with E-state index in [1.54, 1.807) is 0 Å². The molecule has 122 valence electrons. The van der Waals surface area contributed by atoms with Crippen LogP contribution in [0, 0.1) is 0 Å². The molecule has 0 radical (unpaired) electrons. The van der Waals surface area contributed by atoms with Crippen molar-refractivity contribution in [3.05, 3.63) is 56.1 Å². The molecule has 2 N–H and O–H groups in total. The fourth-order valence-electron chi connectivity index (χ4n) is 2.50. The Hall–Kier alpha value is -3.42. The second kappa shape index (κ2) is 5.65. The molecule has 0 atom stereocenters. The quantitative estimate of drug-likeness (QED) is 0.534. The fourth-order valence-corrected chi connectivity index (χ4v) is 2.50. The Balaban J connectivity index is 2.43. The predicted octanol–water partition coefficient (Wildman–Crippen LogP) is 0.943. The van der Waals surface area contributed by atoms with Gasteiger partial charge in [0.2, 0.25) is 0 Å². The third kappa shape index (κ3) is 2.34. The molecule has 0 spiro atoms. The smallest absolute Gasteiger partial charge is 0.354 e. The number of hydrogen-bond acceptors (Lipinski definition) is 6. The summed E-state index contributed by atoms with van der Waals surface area (Å²) in [5.74, 6) is -1.42. The summed E-state index contributed by atoms with van der Waals surface area (Å²) in [5, 5.41) is 0.398. The van der Waals surface area contributed by atoms with Crippen LogP contribution < -0.4 is 10.9 Å². The maximum absolute atomic E-state index is 12.4. The first-order chi connectivity index (χ1) is 11.5. The number of H-pyrrole nitrogens is 2. The number of aromatic nitrogens is 2. The second-order valence-electron chi connectivity index (χ2n) is 4.99. The Morgan fingerprint density at radius 3 is 2.08 bits per heavy atom. The minimum absolute atomic E-state index is 0.0131. The zero-order chi connectivity index (χ0) is 17.4. The van der Waals surface area contributed by atoms with Crippen molar-refractivity contribution in [2.45, 2.75) is 0 Å². The molecule has 3 aromatic rings. The summed E-state index contributed by atoms with van der Waals surface area (Å²) in [5.41, 5.74) is -0.485. The lowest BCUT2D eigenvalue weighted by molar-refractivity contribution is 0.0586. The molecule has 8 heteroatoms. The average molecular weight is 328 g/mol. The van der Waals surface area contributed by atoms with Crippen molar-refractivity contribution in [2.75, 3.05) is 14.2 Å². The lowest BCUT2D eigenvalue weighted by Gasteiger charge is -2.07. The highest BCUT2D eigenvalue weighted by molar-refractivity contribution is 6.05. The van der Waals surface area contributed by atoms with Gasteiger partial charge in [0.25, 0.3) is 0 Å². The molecule has 0 amide bonds. The van der Waals surface area contributed by atoms with E-state index < -0.39 is 22.8 Å². The molecule has 0 saturated carbocycles. The van der Waals surface area contributed by atoms with Crippen LogP contribution in [0.5, 0.6) is 0 Å². The molecule has 0 bridgehead atoms. The van der Waals surface area contributed by atoms with Crippen LogP contribution in [0.1, 0.15) is 21.0 Å². The van der Waals surface area contributed by atoms with E-state index in [1.807, 2.05) is 0 Å². The highest BCUT2D eigenvalue weighted by Crippen LogP contribution is 2.18. The first-order valence-corrected chi connectivity index (χ1v) is 6.86. The third-order valence-electron chi connectivity index (χ3n) is 3.61. The Labute approximate surface area is 134 Å². The molecular weight excluding hydrogens is 316 g/mol. The maximum Gasteiger partial charge on any atom is 0.354 e. The zero-order valence-electron chi connectivity index (χ0n) is 12.8. The minimum atomic E-state index is -0.728. The Morgan fingerprint density at radius 1 is 0.875 bits per heavy atom. The highest BCUT2D eigenvalue weighted by Gasteiger charge is 2.15. The van der Waals surface area contributed by atoms with Crippen LogP contribution in [0.3, 0.4) is 0 Å². The van der Waals surface area contributed by atoms with Crippen LogP contribution in [0.25, 0.3) is 21.8 Å². The molecule has 0 fully saturated rings. The van der Waals surface area contributed by atoms with Gasteiger partial charge in [0, 0.05) is 17.5 Å². The van der Waals surface area contributed by atoms with Crippen molar-refractivity contribution in [3.8, 4) is 0 Å². The first-order valence-electron chi connectivity index (χ1n) is 6.86. The SMILES string of the molecule is COC(=O)c1cc(=O)c2c(ccc3c(=O)cc(C(=O)OC)[nH]c32)[nH]1. The van der Waals surface area contributed by atoms with Crippen LogP contribution in [0.15, 0.2) is 33.9 Å². The van der Waals surface area contributed by atoms with E-state index in [0.717, 1.165) is 12.1 Å². The summed E-state index contributed by atoms with van der Waals surface area (Å²) >= 11 is 0. The number of esters is 2. The number of methoxy groups -OCH3 is 2. The van der Waals surface area contributed by atoms with E-state index in [9.17, 15) is 19.2 Å². The summed E-state index contributed by atoms with van der Waals surface area (Å²) in [6.07, 6.45) is 0. The lowest BCUT2D eigenvalue weighted by atomic mass is 10.1. The number of carbonyl (C=O) groups is 2. The molecule has 24 heavy (non-hydrogen) atoms. The van der Waals surface area contributed by atoms with Gasteiger partial charge in [-0.05, 0) is 12.1 Å². The highest BCUT2D eigenvalue weighted by atomic mass is 16.5. The Bertz CT molecular complexity index is 1110. The van der Waals surface area contributed by atoms with E-state index in [0.29, 0.717) is 5.52 Å². The summed E-state index contributed by atoms with van der Waals surface area (Å²) < 4.78 is 9.18. The number of carbonyl (C=O) groups excluding carboxylic acids is 2. The molecule has 2 heterocycles. The number of benzene rings is 1. The fraction of sp³-hybridized carbons (Fsp3) is 0.125. The van der Waals surface area contributed by atoms with E-state index in [1.165, 1.54) is 26.4 Å². The lowest BCUT2D eigenvalue weighted by Crippen LogP contribution is -2.15. The van der Waals surface area contributed by atoms with Crippen LogP contribution >= 0.6 is 0 Å². The van der Waals surface area contributed by atoms with Gasteiger partial charge < -0.3 is 19.4 Å². The van der Waals surface area contributed by atoms with E-state index in [-0.39, 0.29) is 27.7 Å². The largest absolute Gasteiger partial charge is 0.464 e. The van der Waals surface area contributed by atoms with Gasteiger partial charge >= 0.3 is 11.9 Å². The minimum Gasteiger partial charge on any atom is -0.464 e. The van der Waals surface area contributed by atoms with Crippen molar-refractivity contribution >= 4 is 33.7 Å². The molecule has 0 aliphatic carbocycles. The third-order valence-corrected chi connectivity index (χ3v) is 3.61. The van der Waals surface area contributed by atoms with Gasteiger partial charge in [-0.15, -0.1) is 0 Å². The molecule has 0 aliphatic rings. The molecular formula is C16H12N2O6. The Morgan fingerprint density at radius 2 is 1.46 bits per heavy atom. The van der Waals surface area contributed by atoms with Gasteiger partial charge in [0.1, 0.15) is 11.4 Å². The molecule has 0 unspecified atom stereocenters. The molecule has 8 nitrogen and oxygen atoms in total. The average Bonchev–Trinajstić information content (AvgIpc) is 2.59. The van der Waals surface area contributed by atoms with Gasteiger partial charge in [-0.2, -0.15) is 0 Å². The van der Waals surface area contributed by atoms with E-state index in [4.69, 9.17) is 0 Å². The molecule has 1 aromatic carbocycles. The van der Waals surface area contributed by atoms with Gasteiger partial charge in [-0.25, -0.2) is 9.59 Å². The van der Waals surface area contributed by atoms with Crippen LogP contribution in [-0.2, 0) is 9.47 Å². The Kier molecular flexibility index (Phi) is 3.64. The second-order valence-corrected chi connectivity index (χ2v) is 4.99. The zero-order valence-corrected chi connectivity index (χ0v) is 12.8. The van der Waals surface area contributed by atoms with Crippen molar-refractivity contribution in [2.24, 2.45) is 0 Å². The normalized spacial score (nSPS) is 10.8. The van der Waals surface area contributed by atoms with E-state index >= 15 is 0 Å². The van der Waals surface area contributed by atoms with Crippen molar-refractivity contribution in [3.63, 3.8) is 0 Å². The number of hydrogen-bond donors (Lipinski definition) is 2. The maximum atomic E-state index is 12.4. The summed E-state index contributed by atoms with van der Waals surface area (Å²) in [4.78, 5) is 53.4. The first kappa shape index (κ1) is 15.5. The number of ether oxygens (including phenoxy) is 2. The van der Waals surface area contributed by atoms with Crippen molar-refractivity contribution in [1.82, 2.24) is 9.97 Å². The molecule has 0 saturated heterocycles. The van der Waals surface area contributed by atoms with Crippen LogP contribution in [0.2, 0.25) is 0 Å². The monoisotopic (exact) mass is 328 g/mol. The molecule has 0 aliphatic heterocycles. The number of aromatic amines is 2. The number of rotatable bonds is 2. The van der Waals surface area contributed by atoms with Crippen molar-refractivity contribution in [1.29, 1.82) is 0 Å². The molecule has 3 rings (SSSR count). The van der Waals surface area contributed by atoms with Gasteiger partial charge in [-0.1, -0.05) is 0 Å². The number of fused-ring (bicyclic) bond motifs is 3. The van der Waals surface area contributed by atoms with Crippen LogP contribution in [0.4, 0.5) is 0 Å². The number of nitrogens with one attached hydrogen (secondary N) is 2.